The summed E-state index contributed by atoms with van der Waals surface area (Å²) >= 11 is 1.13. The molecule has 0 amide bonds. The third kappa shape index (κ3) is 2.87. The van der Waals surface area contributed by atoms with E-state index in [1.165, 1.54) is 0 Å². The van der Waals surface area contributed by atoms with Crippen molar-refractivity contribution >= 4 is 11.8 Å². The first-order chi connectivity index (χ1) is 9.65. The number of aromatic nitrogens is 2. The van der Waals surface area contributed by atoms with Crippen LogP contribution in [-0.2, 0) is 0 Å². The molecule has 98 valence electrons. The fraction of sp³-hybridized carbons (Fsp3) is 0.143. The average molecular weight is 282 g/mol. The Hall–Kier alpha value is -2.57. The van der Waals surface area contributed by atoms with Crippen molar-refractivity contribution in [3.05, 3.63) is 45.7 Å². The number of H-pyrrole nitrogens is 1. The monoisotopic (exact) mass is 282 g/mol. The standard InChI is InChI=1S/C14H10N4OS/c1-9-2-4-10(5-3-9)12-11(8-16)13(19)18-14(17-12)20-7-6-15/h2-5H,7H2,1H3,(H,17,18,19). The summed E-state index contributed by atoms with van der Waals surface area (Å²) in [5.41, 5.74) is 1.62. The fourth-order valence-electron chi connectivity index (χ4n) is 1.65. The van der Waals surface area contributed by atoms with Crippen molar-refractivity contribution in [2.75, 3.05) is 5.75 Å². The molecule has 0 atom stereocenters. The molecule has 20 heavy (non-hydrogen) atoms. The summed E-state index contributed by atoms with van der Waals surface area (Å²) in [4.78, 5) is 18.7. The zero-order valence-corrected chi connectivity index (χ0v) is 11.5. The Morgan fingerprint density at radius 1 is 1.30 bits per heavy atom. The van der Waals surface area contributed by atoms with E-state index in [0.717, 1.165) is 17.3 Å². The van der Waals surface area contributed by atoms with Crippen LogP contribution in [0.4, 0.5) is 0 Å². The van der Waals surface area contributed by atoms with Crippen molar-refractivity contribution < 1.29 is 0 Å². The number of nitrogens with one attached hydrogen (secondary N) is 1. The lowest BCUT2D eigenvalue weighted by Gasteiger charge is -2.05. The van der Waals surface area contributed by atoms with E-state index in [9.17, 15) is 4.79 Å². The number of hydrogen-bond donors (Lipinski definition) is 1. The van der Waals surface area contributed by atoms with Crippen LogP contribution < -0.4 is 5.56 Å². The number of aromatic amines is 1. The first kappa shape index (κ1) is 13.9. The second-order valence-corrected chi connectivity index (χ2v) is 4.98. The molecule has 0 spiro atoms. The summed E-state index contributed by atoms with van der Waals surface area (Å²) in [6, 6.07) is 11.3. The zero-order valence-electron chi connectivity index (χ0n) is 10.7. The molecule has 6 heteroatoms. The highest BCUT2D eigenvalue weighted by Crippen LogP contribution is 2.22. The quantitative estimate of drug-likeness (QED) is 0.688. The van der Waals surface area contributed by atoms with E-state index in [4.69, 9.17) is 10.5 Å². The van der Waals surface area contributed by atoms with E-state index in [2.05, 4.69) is 9.97 Å². The normalized spacial score (nSPS) is 9.75. The van der Waals surface area contributed by atoms with Gasteiger partial charge in [-0.1, -0.05) is 41.6 Å². The molecule has 0 aliphatic rings. The molecule has 0 saturated heterocycles. The second kappa shape index (κ2) is 6.05. The van der Waals surface area contributed by atoms with Gasteiger partial charge in [-0.3, -0.25) is 4.79 Å². The Kier molecular flexibility index (Phi) is 4.19. The maximum Gasteiger partial charge on any atom is 0.270 e. The van der Waals surface area contributed by atoms with E-state index in [1.807, 2.05) is 43.3 Å². The molecular weight excluding hydrogens is 272 g/mol. The van der Waals surface area contributed by atoms with E-state index >= 15 is 0 Å². The predicted octanol–water partition coefficient (Wildman–Crippen LogP) is 2.23. The summed E-state index contributed by atoms with van der Waals surface area (Å²) in [7, 11) is 0. The molecule has 1 aromatic carbocycles. The van der Waals surface area contributed by atoms with E-state index in [0.29, 0.717) is 16.4 Å². The van der Waals surface area contributed by atoms with Crippen LogP contribution in [0.3, 0.4) is 0 Å². The molecule has 1 N–H and O–H groups in total. The van der Waals surface area contributed by atoms with Crippen molar-refractivity contribution in [2.24, 2.45) is 0 Å². The summed E-state index contributed by atoms with van der Waals surface area (Å²) in [5, 5.41) is 18.0. The number of nitrogens with zero attached hydrogens (tertiary/aromatic N) is 3. The van der Waals surface area contributed by atoms with Gasteiger partial charge in [0.2, 0.25) is 0 Å². The minimum atomic E-state index is -0.487. The summed E-state index contributed by atoms with van der Waals surface area (Å²) in [5.74, 6) is 0.183. The molecule has 1 heterocycles. The number of aryl methyl sites for hydroxylation is 1. The van der Waals surface area contributed by atoms with Crippen LogP contribution in [0.2, 0.25) is 0 Å². The van der Waals surface area contributed by atoms with Crippen molar-refractivity contribution in [3.8, 4) is 23.4 Å². The smallest absolute Gasteiger partial charge is 0.270 e. The van der Waals surface area contributed by atoms with Crippen LogP contribution >= 0.6 is 11.8 Å². The number of benzene rings is 1. The van der Waals surface area contributed by atoms with Crippen LogP contribution in [0.1, 0.15) is 11.1 Å². The molecule has 2 aromatic rings. The minimum Gasteiger partial charge on any atom is -0.300 e. The van der Waals surface area contributed by atoms with Gasteiger partial charge in [-0.15, -0.1) is 0 Å². The van der Waals surface area contributed by atoms with Crippen LogP contribution in [0.5, 0.6) is 0 Å². The molecule has 0 saturated carbocycles. The van der Waals surface area contributed by atoms with Gasteiger partial charge in [0.1, 0.15) is 11.6 Å². The molecule has 0 aliphatic heterocycles. The maximum atomic E-state index is 11.9. The molecular formula is C14H10N4OS. The van der Waals surface area contributed by atoms with Crippen molar-refractivity contribution in [1.82, 2.24) is 9.97 Å². The van der Waals surface area contributed by atoms with Crippen LogP contribution in [-0.4, -0.2) is 15.7 Å². The zero-order chi connectivity index (χ0) is 14.5. The Morgan fingerprint density at radius 3 is 2.60 bits per heavy atom. The summed E-state index contributed by atoms with van der Waals surface area (Å²) < 4.78 is 0. The molecule has 0 fully saturated rings. The molecule has 0 radical (unpaired) electrons. The van der Waals surface area contributed by atoms with E-state index in [1.54, 1.807) is 0 Å². The van der Waals surface area contributed by atoms with Crippen LogP contribution in [0.25, 0.3) is 11.3 Å². The lowest BCUT2D eigenvalue weighted by molar-refractivity contribution is 0.936. The van der Waals surface area contributed by atoms with E-state index < -0.39 is 5.56 Å². The fourth-order valence-corrected chi connectivity index (χ4v) is 2.17. The lowest BCUT2D eigenvalue weighted by atomic mass is 10.1. The minimum absolute atomic E-state index is 0.0184. The Morgan fingerprint density at radius 2 is 2.00 bits per heavy atom. The van der Waals surface area contributed by atoms with Crippen molar-refractivity contribution in [3.63, 3.8) is 0 Å². The third-order valence-electron chi connectivity index (χ3n) is 2.61. The Balaban J connectivity index is 2.58. The molecule has 0 bridgehead atoms. The van der Waals surface area contributed by atoms with Crippen molar-refractivity contribution in [1.29, 1.82) is 10.5 Å². The highest BCUT2D eigenvalue weighted by atomic mass is 32.2. The molecule has 0 unspecified atom stereocenters. The topological polar surface area (TPSA) is 93.3 Å². The molecule has 1 aromatic heterocycles. The Labute approximate surface area is 119 Å². The predicted molar refractivity (Wildman–Crippen MR) is 76.1 cm³/mol. The first-order valence-corrected chi connectivity index (χ1v) is 6.75. The number of thioether (sulfide) groups is 1. The van der Waals surface area contributed by atoms with Gasteiger partial charge in [-0.2, -0.15) is 10.5 Å². The van der Waals surface area contributed by atoms with Crippen LogP contribution in [0.15, 0.2) is 34.2 Å². The van der Waals surface area contributed by atoms with Gasteiger partial charge in [0.15, 0.2) is 5.16 Å². The number of hydrogen-bond acceptors (Lipinski definition) is 5. The van der Waals surface area contributed by atoms with E-state index in [-0.39, 0.29) is 11.3 Å². The molecule has 5 nitrogen and oxygen atoms in total. The van der Waals surface area contributed by atoms with Gasteiger partial charge < -0.3 is 4.98 Å². The van der Waals surface area contributed by atoms with Crippen molar-refractivity contribution in [2.45, 2.75) is 12.1 Å². The molecule has 2 rings (SSSR count). The summed E-state index contributed by atoms with van der Waals surface area (Å²) in [6.07, 6.45) is 0. The lowest BCUT2D eigenvalue weighted by Crippen LogP contribution is -2.14. The Bertz CT molecular complexity index is 766. The molecule has 0 aliphatic carbocycles. The first-order valence-electron chi connectivity index (χ1n) is 5.77. The average Bonchev–Trinajstić information content (AvgIpc) is 2.45. The maximum absolute atomic E-state index is 11.9. The largest absolute Gasteiger partial charge is 0.300 e. The highest BCUT2D eigenvalue weighted by Gasteiger charge is 2.13. The van der Waals surface area contributed by atoms with Gasteiger partial charge in [0.25, 0.3) is 5.56 Å². The van der Waals surface area contributed by atoms with Gasteiger partial charge in [0.05, 0.1) is 17.5 Å². The van der Waals surface area contributed by atoms with Gasteiger partial charge >= 0.3 is 0 Å². The summed E-state index contributed by atoms with van der Waals surface area (Å²) in [6.45, 7) is 1.95. The van der Waals surface area contributed by atoms with Gasteiger partial charge in [0, 0.05) is 5.56 Å². The number of rotatable bonds is 3. The van der Waals surface area contributed by atoms with Crippen LogP contribution in [0, 0.1) is 29.6 Å². The third-order valence-corrected chi connectivity index (χ3v) is 3.35. The highest BCUT2D eigenvalue weighted by molar-refractivity contribution is 7.99. The van der Waals surface area contributed by atoms with Gasteiger partial charge in [-0.25, -0.2) is 4.98 Å². The van der Waals surface area contributed by atoms with Gasteiger partial charge in [-0.05, 0) is 6.92 Å². The second-order valence-electron chi connectivity index (χ2n) is 4.02. The SMILES string of the molecule is Cc1ccc(-c2nc(SCC#N)[nH]c(=O)c2C#N)cc1. The number of nitriles is 2.